The number of nitro benzene ring substituents is 1. The molecule has 0 aliphatic carbocycles. The fraction of sp³-hybridized carbons (Fsp3) is 0.500. The number of carbonyl (C=O) groups excluding carboxylic acids is 2. The van der Waals surface area contributed by atoms with Crippen LogP contribution < -0.4 is 5.32 Å². The highest BCUT2D eigenvalue weighted by Crippen LogP contribution is 2.51. The molecule has 1 heterocycles. The zero-order chi connectivity index (χ0) is 24.8. The van der Waals surface area contributed by atoms with Gasteiger partial charge in [-0.3, -0.25) is 19.7 Å². The minimum atomic E-state index is -1.58. The molecular formula is C22H28N2O8S. The van der Waals surface area contributed by atoms with Gasteiger partial charge in [-0.2, -0.15) is 0 Å². The standard InChI is InChI=1S/C22H28N2O8S/c1-13-18(20(26)32-10-9-31-4)19(16-6-5-7-17(12-16)24(29)30)22(21(27)28,14(2)23-13)8-11-33-15(3)25/h5-7,12,14,19,23H,8-11H2,1-4H3,(H,27,28). The number of non-ortho nitro benzene ring substituents is 1. The van der Waals surface area contributed by atoms with Crippen molar-refractivity contribution in [1.82, 2.24) is 5.32 Å². The zero-order valence-electron chi connectivity index (χ0n) is 19.0. The Bertz CT molecular complexity index is 963. The molecule has 33 heavy (non-hydrogen) atoms. The highest BCUT2D eigenvalue weighted by molar-refractivity contribution is 8.13. The summed E-state index contributed by atoms with van der Waals surface area (Å²) in [7, 11) is 1.45. The van der Waals surface area contributed by atoms with Crippen molar-refractivity contribution < 1.29 is 33.9 Å². The lowest BCUT2D eigenvalue weighted by molar-refractivity contribution is -0.384. The molecule has 180 valence electrons. The van der Waals surface area contributed by atoms with Gasteiger partial charge in [0.25, 0.3) is 5.69 Å². The smallest absolute Gasteiger partial charge is 0.336 e. The predicted octanol–water partition coefficient (Wildman–Crippen LogP) is 2.87. The monoisotopic (exact) mass is 480 g/mol. The summed E-state index contributed by atoms with van der Waals surface area (Å²) in [5.41, 5.74) is -0.976. The number of hydrogen-bond donors (Lipinski definition) is 2. The molecule has 3 atom stereocenters. The maximum atomic E-state index is 13.1. The summed E-state index contributed by atoms with van der Waals surface area (Å²) >= 11 is 0.988. The Balaban J connectivity index is 2.71. The number of esters is 1. The van der Waals surface area contributed by atoms with Crippen LogP contribution in [-0.2, 0) is 23.9 Å². The molecule has 0 bridgehead atoms. The largest absolute Gasteiger partial charge is 0.481 e. The van der Waals surface area contributed by atoms with Gasteiger partial charge in [0.1, 0.15) is 6.61 Å². The van der Waals surface area contributed by atoms with Gasteiger partial charge in [-0.15, -0.1) is 0 Å². The number of aliphatic carboxylic acids is 1. The Kier molecular flexibility index (Phi) is 9.00. The van der Waals surface area contributed by atoms with E-state index in [1.54, 1.807) is 19.9 Å². The first-order chi connectivity index (χ1) is 15.6. The fourth-order valence-electron chi connectivity index (χ4n) is 4.24. The Morgan fingerprint density at radius 3 is 2.58 bits per heavy atom. The number of methoxy groups -OCH3 is 1. The van der Waals surface area contributed by atoms with Gasteiger partial charge in [-0.05, 0) is 25.8 Å². The van der Waals surface area contributed by atoms with Crippen LogP contribution in [0.15, 0.2) is 35.5 Å². The number of carboxylic acid groups (broad SMARTS) is 1. The number of benzene rings is 1. The van der Waals surface area contributed by atoms with E-state index in [0.717, 1.165) is 11.8 Å². The second-order valence-corrected chi connectivity index (χ2v) is 9.03. The highest BCUT2D eigenvalue weighted by Gasteiger charge is 2.56. The van der Waals surface area contributed by atoms with Gasteiger partial charge in [0.2, 0.25) is 0 Å². The maximum Gasteiger partial charge on any atom is 0.336 e. The summed E-state index contributed by atoms with van der Waals surface area (Å²) in [4.78, 5) is 48.3. The maximum absolute atomic E-state index is 13.1. The molecule has 1 aliphatic rings. The first-order valence-corrected chi connectivity index (χ1v) is 11.3. The number of rotatable bonds is 10. The molecule has 2 N–H and O–H groups in total. The molecule has 1 aliphatic heterocycles. The van der Waals surface area contributed by atoms with Crippen LogP contribution >= 0.6 is 11.8 Å². The molecule has 10 nitrogen and oxygen atoms in total. The average Bonchev–Trinajstić information content (AvgIpc) is 2.74. The molecule has 0 aromatic heterocycles. The van der Waals surface area contributed by atoms with Crippen LogP contribution in [0.4, 0.5) is 5.69 Å². The van der Waals surface area contributed by atoms with E-state index in [4.69, 9.17) is 9.47 Å². The van der Waals surface area contributed by atoms with E-state index in [2.05, 4.69) is 5.32 Å². The summed E-state index contributed by atoms with van der Waals surface area (Å²) in [5.74, 6) is -2.76. The summed E-state index contributed by atoms with van der Waals surface area (Å²) in [5, 5.41) is 24.8. The van der Waals surface area contributed by atoms with E-state index in [9.17, 15) is 29.6 Å². The molecule has 0 saturated carbocycles. The van der Waals surface area contributed by atoms with Crippen LogP contribution in [0.3, 0.4) is 0 Å². The van der Waals surface area contributed by atoms with E-state index in [0.29, 0.717) is 11.3 Å². The van der Waals surface area contributed by atoms with Crippen molar-refractivity contribution in [2.45, 2.75) is 39.2 Å². The minimum absolute atomic E-state index is 0.0379. The first-order valence-electron chi connectivity index (χ1n) is 10.3. The number of allylic oxidation sites excluding steroid dienone is 1. The summed E-state index contributed by atoms with van der Waals surface area (Å²) in [6.07, 6.45) is 0.0379. The van der Waals surface area contributed by atoms with Crippen LogP contribution in [0.2, 0.25) is 0 Å². The van der Waals surface area contributed by atoms with Gasteiger partial charge in [-0.25, -0.2) is 4.79 Å². The van der Waals surface area contributed by atoms with Crippen LogP contribution in [-0.4, -0.2) is 59.2 Å². The third-order valence-corrected chi connectivity index (χ3v) is 6.60. The molecule has 1 aromatic rings. The van der Waals surface area contributed by atoms with Gasteiger partial charge in [0.15, 0.2) is 5.12 Å². The molecule has 0 radical (unpaired) electrons. The van der Waals surface area contributed by atoms with Gasteiger partial charge < -0.3 is 19.9 Å². The van der Waals surface area contributed by atoms with E-state index >= 15 is 0 Å². The number of ether oxygens (including phenoxy) is 2. The first kappa shape index (κ1) is 26.3. The number of carboxylic acids is 1. The molecule has 0 fully saturated rings. The van der Waals surface area contributed by atoms with Crippen LogP contribution in [0, 0.1) is 15.5 Å². The van der Waals surface area contributed by atoms with Crippen molar-refractivity contribution in [3.05, 3.63) is 51.2 Å². The molecule has 3 unspecified atom stereocenters. The quantitative estimate of drug-likeness (QED) is 0.222. The number of nitro groups is 1. The van der Waals surface area contributed by atoms with Gasteiger partial charge in [-0.1, -0.05) is 23.9 Å². The average molecular weight is 481 g/mol. The Morgan fingerprint density at radius 1 is 1.30 bits per heavy atom. The lowest BCUT2D eigenvalue weighted by Crippen LogP contribution is -2.57. The lowest BCUT2D eigenvalue weighted by Gasteiger charge is -2.47. The van der Waals surface area contributed by atoms with Crippen molar-refractivity contribution in [3.8, 4) is 0 Å². The van der Waals surface area contributed by atoms with Crippen LogP contribution in [0.1, 0.15) is 38.7 Å². The molecule has 1 aromatic carbocycles. The summed E-state index contributed by atoms with van der Waals surface area (Å²) < 4.78 is 10.2. The Labute approximate surface area is 195 Å². The second-order valence-electron chi connectivity index (χ2n) is 7.75. The molecule has 0 saturated heterocycles. The Hall–Kier alpha value is -2.92. The van der Waals surface area contributed by atoms with Crippen molar-refractivity contribution in [1.29, 1.82) is 0 Å². The molecule has 2 rings (SSSR count). The van der Waals surface area contributed by atoms with Crippen molar-refractivity contribution in [3.63, 3.8) is 0 Å². The normalized spacial score (nSPS) is 22.4. The topological polar surface area (TPSA) is 145 Å². The van der Waals surface area contributed by atoms with E-state index < -0.39 is 34.2 Å². The minimum Gasteiger partial charge on any atom is -0.481 e. The van der Waals surface area contributed by atoms with Gasteiger partial charge >= 0.3 is 11.9 Å². The summed E-state index contributed by atoms with van der Waals surface area (Å²) in [6, 6.07) is 4.97. The van der Waals surface area contributed by atoms with Crippen molar-refractivity contribution in [2.24, 2.45) is 5.41 Å². The van der Waals surface area contributed by atoms with E-state index in [1.165, 1.54) is 32.2 Å². The number of nitrogens with zero attached hydrogens (tertiary/aromatic N) is 1. The van der Waals surface area contributed by atoms with Gasteiger partial charge in [0, 0.05) is 49.6 Å². The zero-order valence-corrected chi connectivity index (χ0v) is 19.8. The number of hydrogen-bond acceptors (Lipinski definition) is 9. The van der Waals surface area contributed by atoms with Crippen LogP contribution in [0.5, 0.6) is 0 Å². The molecule has 0 amide bonds. The van der Waals surface area contributed by atoms with Crippen molar-refractivity contribution in [2.75, 3.05) is 26.1 Å². The van der Waals surface area contributed by atoms with Crippen molar-refractivity contribution >= 4 is 34.5 Å². The van der Waals surface area contributed by atoms with Gasteiger partial charge in [0.05, 0.1) is 22.5 Å². The SMILES string of the molecule is COCCOC(=O)C1=C(C)NC(C)C(CCSC(C)=O)(C(=O)O)C1c1cccc([N+](=O)[O-])c1. The fourth-order valence-corrected chi connectivity index (χ4v) is 4.97. The third-order valence-electron chi connectivity index (χ3n) is 5.79. The predicted molar refractivity (Wildman–Crippen MR) is 122 cm³/mol. The van der Waals surface area contributed by atoms with E-state index in [-0.39, 0.29) is 41.8 Å². The van der Waals surface area contributed by atoms with Crippen LogP contribution in [0.25, 0.3) is 0 Å². The molecular weight excluding hydrogens is 452 g/mol. The third kappa shape index (κ3) is 5.72. The highest BCUT2D eigenvalue weighted by atomic mass is 32.2. The molecule has 0 spiro atoms. The summed E-state index contributed by atoms with van der Waals surface area (Å²) in [6.45, 7) is 4.84. The second kappa shape index (κ2) is 11.3. The van der Waals surface area contributed by atoms with E-state index in [1.807, 2.05) is 0 Å². The number of carbonyl (C=O) groups is 3. The number of thioether (sulfide) groups is 1. The number of nitrogens with one attached hydrogen (secondary N) is 1. The molecule has 11 heteroatoms. The Morgan fingerprint density at radius 2 is 2.00 bits per heavy atom. The lowest BCUT2D eigenvalue weighted by atomic mass is 9.61.